The van der Waals surface area contributed by atoms with E-state index in [9.17, 15) is 14.4 Å². The molecule has 0 bridgehead atoms. The van der Waals surface area contributed by atoms with Gasteiger partial charge in [-0.05, 0) is 20.8 Å². The van der Waals surface area contributed by atoms with Gasteiger partial charge in [0, 0.05) is 18.7 Å². The van der Waals surface area contributed by atoms with E-state index in [2.05, 4.69) is 4.99 Å². The van der Waals surface area contributed by atoms with E-state index in [1.54, 1.807) is 18.0 Å². The molecule has 0 fully saturated rings. The van der Waals surface area contributed by atoms with E-state index < -0.39 is 17.9 Å². The lowest BCUT2D eigenvalue weighted by atomic mass is 9.96. The quantitative estimate of drug-likeness (QED) is 0.684. The SMILES string of the molecule is CCN(CC)C(=O)CN1C(=O)C2C(OC)=C(C)C=NC2=[N+](C)C1=O. The van der Waals surface area contributed by atoms with Crippen molar-refractivity contribution in [3.63, 3.8) is 0 Å². The van der Waals surface area contributed by atoms with E-state index in [-0.39, 0.29) is 12.5 Å². The molecule has 2 rings (SSSR count). The zero-order valence-corrected chi connectivity index (χ0v) is 14.7. The summed E-state index contributed by atoms with van der Waals surface area (Å²) < 4.78 is 6.65. The molecule has 0 aromatic carbocycles. The number of nitrogens with zero attached hydrogens (tertiary/aromatic N) is 4. The van der Waals surface area contributed by atoms with E-state index in [1.165, 1.54) is 18.7 Å². The number of aliphatic imine (C=N–C) groups is 1. The van der Waals surface area contributed by atoms with Crippen molar-refractivity contribution in [2.75, 3.05) is 33.8 Å². The predicted octanol–water partition coefficient (Wildman–Crippen LogP) is 0.479. The molecule has 130 valence electrons. The average molecular weight is 335 g/mol. The Bertz CT molecular complexity index is 674. The minimum atomic E-state index is -0.799. The number of carbonyl (C=O) groups is 3. The van der Waals surface area contributed by atoms with Gasteiger partial charge in [-0.1, -0.05) is 0 Å². The van der Waals surface area contributed by atoms with Crippen LogP contribution in [0.4, 0.5) is 4.79 Å². The normalized spacial score (nSPS) is 20.5. The fraction of sp³-hybridized carbons (Fsp3) is 0.562. The third-order valence-corrected chi connectivity index (χ3v) is 4.30. The second kappa shape index (κ2) is 6.94. The van der Waals surface area contributed by atoms with Crippen LogP contribution in [0.5, 0.6) is 0 Å². The number of dihydropyridines is 1. The molecule has 8 heteroatoms. The van der Waals surface area contributed by atoms with E-state index in [0.29, 0.717) is 24.7 Å². The summed E-state index contributed by atoms with van der Waals surface area (Å²) >= 11 is 0. The van der Waals surface area contributed by atoms with Crippen molar-refractivity contribution >= 4 is 29.9 Å². The third kappa shape index (κ3) is 2.83. The van der Waals surface area contributed by atoms with Crippen LogP contribution in [0.15, 0.2) is 16.3 Å². The number of urea groups is 1. The first-order valence-electron chi connectivity index (χ1n) is 7.89. The van der Waals surface area contributed by atoms with Crippen LogP contribution in [-0.4, -0.2) is 78.1 Å². The molecule has 2 aliphatic heterocycles. The van der Waals surface area contributed by atoms with Crippen molar-refractivity contribution in [2.24, 2.45) is 10.9 Å². The average Bonchev–Trinajstić information content (AvgIpc) is 2.57. The summed E-state index contributed by atoms with van der Waals surface area (Å²) in [7, 11) is 3.02. The van der Waals surface area contributed by atoms with Crippen LogP contribution in [0.2, 0.25) is 0 Å². The number of hydrogen-bond donors (Lipinski definition) is 0. The Labute approximate surface area is 141 Å². The smallest absolute Gasteiger partial charge is 0.446 e. The number of ether oxygens (including phenoxy) is 1. The standard InChI is InChI=1S/C16H23N4O4/c1-6-19(7-2)11(21)9-20-15(22)12-13(24-5)10(3)8-17-14(12)18(4)16(20)23/h8,12H,6-7,9H2,1-5H3/q+1. The number of methoxy groups -OCH3 is 1. The van der Waals surface area contributed by atoms with Crippen molar-refractivity contribution in [3.05, 3.63) is 11.3 Å². The topological polar surface area (TPSA) is 82.3 Å². The van der Waals surface area contributed by atoms with E-state index in [4.69, 9.17) is 4.74 Å². The van der Waals surface area contributed by atoms with Gasteiger partial charge in [0.05, 0.1) is 14.2 Å². The Morgan fingerprint density at radius 3 is 2.54 bits per heavy atom. The molecule has 0 aromatic heterocycles. The molecule has 0 N–H and O–H groups in total. The molecule has 24 heavy (non-hydrogen) atoms. The molecule has 0 saturated carbocycles. The summed E-state index contributed by atoms with van der Waals surface area (Å²) in [6.07, 6.45) is 1.57. The first kappa shape index (κ1) is 17.8. The molecule has 0 radical (unpaired) electrons. The summed E-state index contributed by atoms with van der Waals surface area (Å²) in [5.41, 5.74) is 0.720. The minimum Gasteiger partial charge on any atom is -0.499 e. The van der Waals surface area contributed by atoms with E-state index in [1.807, 2.05) is 13.8 Å². The summed E-state index contributed by atoms with van der Waals surface area (Å²) in [5.74, 6) is -0.782. The Kier molecular flexibility index (Phi) is 5.16. The van der Waals surface area contributed by atoms with Crippen molar-refractivity contribution < 1.29 is 23.7 Å². The van der Waals surface area contributed by atoms with Gasteiger partial charge in [0.2, 0.25) is 0 Å². The Morgan fingerprint density at radius 1 is 1.38 bits per heavy atom. The minimum absolute atomic E-state index is 0.266. The number of hydrogen-bond acceptors (Lipinski definition) is 5. The fourth-order valence-corrected chi connectivity index (χ4v) is 2.91. The van der Waals surface area contributed by atoms with Crippen molar-refractivity contribution in [3.8, 4) is 0 Å². The van der Waals surface area contributed by atoms with Crippen LogP contribution in [0.1, 0.15) is 20.8 Å². The van der Waals surface area contributed by atoms with E-state index in [0.717, 1.165) is 10.5 Å². The molecule has 0 aliphatic carbocycles. The van der Waals surface area contributed by atoms with Gasteiger partial charge in [-0.2, -0.15) is 9.48 Å². The molecule has 8 nitrogen and oxygen atoms in total. The Balaban J connectivity index is 2.39. The molecule has 2 heterocycles. The number of fused-ring (bicyclic) bond motifs is 1. The lowest BCUT2D eigenvalue weighted by Crippen LogP contribution is -2.57. The van der Waals surface area contributed by atoms with Gasteiger partial charge in [0.15, 0.2) is 12.5 Å². The maximum atomic E-state index is 12.9. The highest BCUT2D eigenvalue weighted by Gasteiger charge is 2.50. The molecule has 0 spiro atoms. The van der Waals surface area contributed by atoms with Crippen molar-refractivity contribution in [2.45, 2.75) is 20.8 Å². The van der Waals surface area contributed by atoms with Crippen LogP contribution in [0.25, 0.3) is 0 Å². The maximum absolute atomic E-state index is 12.9. The largest absolute Gasteiger partial charge is 0.499 e. The number of amides is 4. The number of allylic oxidation sites excluding steroid dienone is 1. The summed E-state index contributed by atoms with van der Waals surface area (Å²) in [6, 6.07) is -0.557. The second-order valence-electron chi connectivity index (χ2n) is 5.63. The number of amidine groups is 1. The molecular weight excluding hydrogens is 312 g/mol. The van der Waals surface area contributed by atoms with Gasteiger partial charge < -0.3 is 9.64 Å². The summed E-state index contributed by atoms with van der Waals surface area (Å²) in [6.45, 7) is 6.25. The fourth-order valence-electron chi connectivity index (χ4n) is 2.91. The molecule has 2 aliphatic rings. The zero-order valence-electron chi connectivity index (χ0n) is 14.7. The molecule has 0 saturated heterocycles. The first-order chi connectivity index (χ1) is 11.4. The highest BCUT2D eigenvalue weighted by molar-refractivity contribution is 6.16. The van der Waals surface area contributed by atoms with Gasteiger partial charge in [-0.25, -0.2) is 4.79 Å². The second-order valence-corrected chi connectivity index (χ2v) is 5.63. The third-order valence-electron chi connectivity index (χ3n) is 4.30. The molecular formula is C16H23N4O4+. The monoisotopic (exact) mass is 335 g/mol. The van der Waals surface area contributed by atoms with Gasteiger partial charge in [0.1, 0.15) is 12.0 Å². The number of likely N-dealkylation sites (N-methyl/N-ethyl adjacent to an activating group) is 1. The lowest BCUT2D eigenvalue weighted by molar-refractivity contribution is -0.408. The zero-order chi connectivity index (χ0) is 18.0. The van der Waals surface area contributed by atoms with Crippen LogP contribution in [0.3, 0.4) is 0 Å². The first-order valence-corrected chi connectivity index (χ1v) is 7.89. The molecule has 4 amide bonds. The van der Waals surface area contributed by atoms with Crippen LogP contribution in [0, 0.1) is 5.92 Å². The van der Waals surface area contributed by atoms with Gasteiger partial charge >= 0.3 is 11.9 Å². The molecule has 0 aromatic rings. The lowest BCUT2D eigenvalue weighted by Gasteiger charge is -2.29. The van der Waals surface area contributed by atoms with E-state index >= 15 is 0 Å². The highest BCUT2D eigenvalue weighted by Crippen LogP contribution is 2.27. The summed E-state index contributed by atoms with van der Waals surface area (Å²) in [4.78, 5) is 44.5. The molecule has 1 atom stereocenters. The van der Waals surface area contributed by atoms with Crippen LogP contribution >= 0.6 is 0 Å². The van der Waals surface area contributed by atoms with Gasteiger partial charge in [-0.3, -0.25) is 9.59 Å². The molecule has 1 unspecified atom stereocenters. The predicted molar refractivity (Wildman–Crippen MR) is 87.9 cm³/mol. The van der Waals surface area contributed by atoms with Gasteiger partial charge in [-0.15, -0.1) is 4.99 Å². The summed E-state index contributed by atoms with van der Waals surface area (Å²) in [5, 5.41) is 0. The van der Waals surface area contributed by atoms with Crippen molar-refractivity contribution in [1.82, 2.24) is 9.80 Å². The number of rotatable bonds is 5. The highest BCUT2D eigenvalue weighted by atomic mass is 16.5. The maximum Gasteiger partial charge on any atom is 0.446 e. The van der Waals surface area contributed by atoms with Crippen LogP contribution < -0.4 is 0 Å². The van der Waals surface area contributed by atoms with Gasteiger partial charge in [0.25, 0.3) is 11.7 Å². The number of imide groups is 1. The van der Waals surface area contributed by atoms with Crippen molar-refractivity contribution in [1.29, 1.82) is 0 Å². The number of carbonyl (C=O) groups excluding carboxylic acids is 3. The van der Waals surface area contributed by atoms with Crippen LogP contribution in [-0.2, 0) is 14.3 Å². The Hall–Kier alpha value is -2.51. The Morgan fingerprint density at radius 2 is 2.00 bits per heavy atom.